The summed E-state index contributed by atoms with van der Waals surface area (Å²) >= 11 is 0. The Kier molecular flexibility index (Phi) is 4.77. The van der Waals surface area contributed by atoms with E-state index in [2.05, 4.69) is 16.7 Å². The van der Waals surface area contributed by atoms with Crippen molar-refractivity contribution in [3.8, 4) is 6.07 Å². The van der Waals surface area contributed by atoms with Gasteiger partial charge in [0.15, 0.2) is 0 Å². The predicted octanol–water partition coefficient (Wildman–Crippen LogP) is 2.17. The van der Waals surface area contributed by atoms with E-state index in [0.717, 1.165) is 16.0 Å². The minimum atomic E-state index is -0.968. The number of anilines is 1. The molecular formula is C22H20N4O3. The molecule has 1 fully saturated rings. The maximum atomic E-state index is 13.0. The molecule has 4 rings (SSSR count). The monoisotopic (exact) mass is 388 g/mol. The maximum Gasteiger partial charge on any atom is 0.325 e. The van der Waals surface area contributed by atoms with Crippen molar-refractivity contribution in [2.45, 2.75) is 31.2 Å². The largest absolute Gasteiger partial charge is 0.325 e. The number of nitrogens with zero attached hydrogens (tertiary/aromatic N) is 2. The Hall–Kier alpha value is -3.66. The molecule has 1 unspecified atom stereocenters. The lowest BCUT2D eigenvalue weighted by Crippen LogP contribution is -2.51. The molecule has 2 N–H and O–H groups in total. The van der Waals surface area contributed by atoms with E-state index in [4.69, 9.17) is 5.26 Å². The van der Waals surface area contributed by atoms with Gasteiger partial charge in [-0.15, -0.1) is 0 Å². The summed E-state index contributed by atoms with van der Waals surface area (Å²) < 4.78 is 0. The van der Waals surface area contributed by atoms with Crippen LogP contribution in [0, 0.1) is 11.3 Å². The van der Waals surface area contributed by atoms with Crippen LogP contribution >= 0.6 is 0 Å². The minimum Gasteiger partial charge on any atom is -0.325 e. The Balaban J connectivity index is 1.43. The number of hydrogen-bond acceptors (Lipinski definition) is 4. The quantitative estimate of drug-likeness (QED) is 0.784. The zero-order chi connectivity index (χ0) is 20.4. The lowest BCUT2D eigenvalue weighted by atomic mass is 9.78. The fourth-order valence-corrected chi connectivity index (χ4v) is 3.99. The Morgan fingerprint density at radius 1 is 1.14 bits per heavy atom. The second-order valence-corrected chi connectivity index (χ2v) is 7.43. The van der Waals surface area contributed by atoms with Gasteiger partial charge in [-0.1, -0.05) is 36.4 Å². The summed E-state index contributed by atoms with van der Waals surface area (Å²) in [6.45, 7) is -0.339. The highest BCUT2D eigenvalue weighted by atomic mass is 16.2. The van der Waals surface area contributed by atoms with Crippen molar-refractivity contribution >= 4 is 23.5 Å². The van der Waals surface area contributed by atoms with Crippen molar-refractivity contribution in [1.82, 2.24) is 10.2 Å². The van der Waals surface area contributed by atoms with Crippen molar-refractivity contribution in [3.05, 3.63) is 65.2 Å². The molecule has 1 aliphatic heterocycles. The number of amides is 4. The molecule has 0 radical (unpaired) electrons. The van der Waals surface area contributed by atoms with Crippen molar-refractivity contribution in [1.29, 1.82) is 5.26 Å². The molecule has 7 heteroatoms. The van der Waals surface area contributed by atoms with Gasteiger partial charge in [0.1, 0.15) is 12.1 Å². The molecule has 0 aromatic heterocycles. The number of nitrogens with one attached hydrogen (secondary N) is 2. The third kappa shape index (κ3) is 3.57. The average molecular weight is 388 g/mol. The minimum absolute atomic E-state index is 0.294. The molecule has 146 valence electrons. The van der Waals surface area contributed by atoms with E-state index in [-0.39, 0.29) is 12.5 Å². The molecule has 7 nitrogen and oxygen atoms in total. The van der Waals surface area contributed by atoms with Gasteiger partial charge in [0.05, 0.1) is 12.5 Å². The molecule has 1 heterocycles. The molecule has 0 saturated carbocycles. The summed E-state index contributed by atoms with van der Waals surface area (Å²) in [7, 11) is 0. The van der Waals surface area contributed by atoms with Crippen LogP contribution in [0.1, 0.15) is 23.1 Å². The van der Waals surface area contributed by atoms with E-state index in [1.165, 1.54) is 5.56 Å². The second kappa shape index (κ2) is 7.40. The summed E-state index contributed by atoms with van der Waals surface area (Å²) in [5, 5.41) is 14.2. The lowest BCUT2D eigenvalue weighted by Gasteiger charge is -2.32. The van der Waals surface area contributed by atoms with Gasteiger partial charge in [-0.3, -0.25) is 14.5 Å². The summed E-state index contributed by atoms with van der Waals surface area (Å²) in [6.07, 6.45) is 1.96. The third-order valence-corrected chi connectivity index (χ3v) is 5.50. The first-order valence-corrected chi connectivity index (χ1v) is 9.47. The standard InChI is InChI=1S/C22H20N4O3/c23-12-10-15-5-7-18(8-6-15)24-19(27)14-26-20(28)22(25-21(26)29)11-9-16-3-1-2-4-17(16)13-22/h1-8H,9-11,13-14H2,(H,24,27)(H,25,29). The molecule has 29 heavy (non-hydrogen) atoms. The number of hydrogen-bond donors (Lipinski definition) is 2. The molecule has 2 aliphatic rings. The van der Waals surface area contributed by atoms with Crippen LogP contribution in [-0.2, 0) is 28.9 Å². The molecular weight excluding hydrogens is 368 g/mol. The number of urea groups is 1. The molecule has 1 saturated heterocycles. The van der Waals surface area contributed by atoms with Crippen LogP contribution in [0.25, 0.3) is 0 Å². The first-order chi connectivity index (χ1) is 14.0. The van der Waals surface area contributed by atoms with Crippen LogP contribution in [0.3, 0.4) is 0 Å². The molecule has 4 amide bonds. The third-order valence-electron chi connectivity index (χ3n) is 5.50. The van der Waals surface area contributed by atoms with Crippen molar-refractivity contribution in [2.75, 3.05) is 11.9 Å². The Bertz CT molecular complexity index is 1030. The van der Waals surface area contributed by atoms with Crippen molar-refractivity contribution < 1.29 is 14.4 Å². The smallest absolute Gasteiger partial charge is 0.325 e. The van der Waals surface area contributed by atoms with Crippen LogP contribution in [0.15, 0.2) is 48.5 Å². The molecule has 1 aliphatic carbocycles. The molecule has 0 bridgehead atoms. The Labute approximate surface area is 168 Å². The van der Waals surface area contributed by atoms with Gasteiger partial charge < -0.3 is 10.6 Å². The van der Waals surface area contributed by atoms with E-state index < -0.39 is 17.5 Å². The molecule has 2 aromatic rings. The van der Waals surface area contributed by atoms with Gasteiger partial charge in [-0.05, 0) is 41.7 Å². The second-order valence-electron chi connectivity index (χ2n) is 7.43. The summed E-state index contributed by atoms with van der Waals surface area (Å²) in [5.41, 5.74) is 2.67. The number of carbonyl (C=O) groups excluding carboxylic acids is 3. The zero-order valence-electron chi connectivity index (χ0n) is 15.8. The molecule has 2 aromatic carbocycles. The summed E-state index contributed by atoms with van der Waals surface area (Å²) in [4.78, 5) is 38.9. The number of aryl methyl sites for hydroxylation is 1. The lowest BCUT2D eigenvalue weighted by molar-refractivity contribution is -0.134. The van der Waals surface area contributed by atoms with Crippen LogP contribution in [0.5, 0.6) is 0 Å². The van der Waals surface area contributed by atoms with Crippen molar-refractivity contribution in [2.24, 2.45) is 0 Å². The number of nitriles is 1. The van der Waals surface area contributed by atoms with Gasteiger partial charge in [-0.25, -0.2) is 4.79 Å². The first-order valence-electron chi connectivity index (χ1n) is 9.47. The summed E-state index contributed by atoms with van der Waals surface area (Å²) in [6, 6.07) is 16.3. The predicted molar refractivity (Wildman–Crippen MR) is 106 cm³/mol. The van der Waals surface area contributed by atoms with Crippen LogP contribution in [-0.4, -0.2) is 34.8 Å². The van der Waals surface area contributed by atoms with Crippen LogP contribution in [0.2, 0.25) is 0 Å². The highest BCUT2D eigenvalue weighted by Gasteiger charge is 2.52. The number of benzene rings is 2. The van der Waals surface area contributed by atoms with Gasteiger partial charge >= 0.3 is 6.03 Å². The normalized spacial score (nSPS) is 20.2. The van der Waals surface area contributed by atoms with Crippen molar-refractivity contribution in [3.63, 3.8) is 0 Å². The van der Waals surface area contributed by atoms with E-state index >= 15 is 0 Å². The highest BCUT2D eigenvalue weighted by molar-refractivity contribution is 6.10. The number of rotatable bonds is 4. The SMILES string of the molecule is N#CCc1ccc(NC(=O)CN2C(=O)NC3(CCc4ccccc4C3)C2=O)cc1. The maximum absolute atomic E-state index is 13.0. The van der Waals surface area contributed by atoms with Crippen LogP contribution < -0.4 is 10.6 Å². The van der Waals surface area contributed by atoms with Gasteiger partial charge in [0, 0.05) is 12.1 Å². The number of imide groups is 1. The Morgan fingerprint density at radius 2 is 1.86 bits per heavy atom. The highest BCUT2D eigenvalue weighted by Crippen LogP contribution is 2.33. The zero-order valence-corrected chi connectivity index (χ0v) is 15.8. The molecule has 1 atom stereocenters. The Morgan fingerprint density at radius 3 is 2.59 bits per heavy atom. The fourth-order valence-electron chi connectivity index (χ4n) is 3.99. The van der Waals surface area contributed by atoms with Gasteiger partial charge in [-0.2, -0.15) is 5.26 Å². The average Bonchev–Trinajstić information content (AvgIpc) is 2.93. The van der Waals surface area contributed by atoms with Gasteiger partial charge in [0.25, 0.3) is 5.91 Å². The van der Waals surface area contributed by atoms with Gasteiger partial charge in [0.2, 0.25) is 5.91 Å². The van der Waals surface area contributed by atoms with E-state index in [9.17, 15) is 14.4 Å². The van der Waals surface area contributed by atoms with E-state index in [1.54, 1.807) is 24.3 Å². The van der Waals surface area contributed by atoms with Crippen LogP contribution in [0.4, 0.5) is 10.5 Å². The fraction of sp³-hybridized carbons (Fsp3) is 0.273. The topological polar surface area (TPSA) is 102 Å². The number of carbonyl (C=O) groups is 3. The first kappa shape index (κ1) is 18.7. The number of fused-ring (bicyclic) bond motifs is 1. The van der Waals surface area contributed by atoms with E-state index in [0.29, 0.717) is 31.4 Å². The van der Waals surface area contributed by atoms with E-state index in [1.807, 2.05) is 24.3 Å². The molecule has 1 spiro atoms. The summed E-state index contributed by atoms with van der Waals surface area (Å²) in [5.74, 6) is -0.800.